The quantitative estimate of drug-likeness (QED) is 0.209. The van der Waals surface area contributed by atoms with Gasteiger partial charge in [-0.25, -0.2) is 0 Å². The van der Waals surface area contributed by atoms with Crippen LogP contribution in [-0.2, 0) is 5.41 Å². The van der Waals surface area contributed by atoms with Crippen molar-refractivity contribution < 1.29 is 9.59 Å². The van der Waals surface area contributed by atoms with Crippen LogP contribution in [0.3, 0.4) is 0 Å². The molecule has 0 fully saturated rings. The van der Waals surface area contributed by atoms with Crippen molar-refractivity contribution in [3.8, 4) is 0 Å². The highest BCUT2D eigenvalue weighted by atomic mass is 16.2. The fourth-order valence-electron chi connectivity index (χ4n) is 5.38. The van der Waals surface area contributed by atoms with Gasteiger partial charge in [0.2, 0.25) is 5.91 Å². The maximum absolute atomic E-state index is 13.6. The SMILES string of the molecule is CC(C)(C)c1ccc(NC(=O)c2ccc3c4cccc5cccc(c6ccc(C(N)=O)c2c63)c54)cc1. The standard InChI is InChI=1S/C32H26N2O2/c1-32(2,3)19-10-12-20(13-11-19)34-31(36)26-17-15-24-22-9-5-7-18-6-4-8-21(27(18)22)23-14-16-25(30(33)35)29(26)28(23)24/h4-17H,1-3H3,(H2,33,35)(H,34,36). The molecule has 176 valence electrons. The third-order valence-corrected chi connectivity index (χ3v) is 7.16. The summed E-state index contributed by atoms with van der Waals surface area (Å²) >= 11 is 0. The Balaban J connectivity index is 1.60. The predicted octanol–water partition coefficient (Wildman–Crippen LogP) is 7.39. The molecular formula is C32H26N2O2. The molecule has 0 radical (unpaired) electrons. The van der Waals surface area contributed by atoms with E-state index in [1.807, 2.05) is 48.5 Å². The van der Waals surface area contributed by atoms with Crippen molar-refractivity contribution >= 4 is 60.6 Å². The molecule has 36 heavy (non-hydrogen) atoms. The normalized spacial score (nSPS) is 12.1. The summed E-state index contributed by atoms with van der Waals surface area (Å²) < 4.78 is 0. The van der Waals surface area contributed by atoms with Gasteiger partial charge < -0.3 is 11.1 Å². The monoisotopic (exact) mass is 470 g/mol. The molecule has 2 amide bonds. The Morgan fingerprint density at radius 2 is 1.19 bits per heavy atom. The van der Waals surface area contributed by atoms with E-state index in [1.165, 1.54) is 10.9 Å². The number of nitrogens with two attached hydrogens (primary N) is 1. The third kappa shape index (κ3) is 3.29. The van der Waals surface area contributed by atoms with E-state index < -0.39 is 5.91 Å². The summed E-state index contributed by atoms with van der Waals surface area (Å²) in [6, 6.07) is 27.8. The van der Waals surface area contributed by atoms with Gasteiger partial charge in [-0.1, -0.05) is 81.4 Å². The lowest BCUT2D eigenvalue weighted by Crippen LogP contribution is -2.17. The van der Waals surface area contributed by atoms with E-state index in [1.54, 1.807) is 12.1 Å². The first kappa shape index (κ1) is 22.1. The van der Waals surface area contributed by atoms with E-state index in [0.717, 1.165) is 32.3 Å². The first-order chi connectivity index (χ1) is 17.2. The van der Waals surface area contributed by atoms with Gasteiger partial charge in [0.05, 0.1) is 0 Å². The Kier molecular flexibility index (Phi) is 4.77. The molecule has 0 aliphatic rings. The van der Waals surface area contributed by atoms with Crippen LogP contribution >= 0.6 is 0 Å². The molecule has 0 unspecified atom stereocenters. The Morgan fingerprint density at radius 1 is 0.639 bits per heavy atom. The van der Waals surface area contributed by atoms with E-state index in [4.69, 9.17) is 5.73 Å². The van der Waals surface area contributed by atoms with Gasteiger partial charge in [0.15, 0.2) is 0 Å². The predicted molar refractivity (Wildman–Crippen MR) is 149 cm³/mol. The minimum absolute atomic E-state index is 0.0221. The average Bonchev–Trinajstić information content (AvgIpc) is 2.86. The zero-order valence-electron chi connectivity index (χ0n) is 20.5. The van der Waals surface area contributed by atoms with Crippen molar-refractivity contribution in [2.45, 2.75) is 26.2 Å². The maximum Gasteiger partial charge on any atom is 0.256 e. The van der Waals surface area contributed by atoms with Crippen LogP contribution in [0, 0.1) is 0 Å². The summed E-state index contributed by atoms with van der Waals surface area (Å²) in [5, 5.41) is 11.0. The van der Waals surface area contributed by atoms with Crippen molar-refractivity contribution in [1.29, 1.82) is 0 Å². The molecule has 4 heteroatoms. The molecule has 0 spiro atoms. The van der Waals surface area contributed by atoms with Gasteiger partial charge in [-0.15, -0.1) is 0 Å². The topological polar surface area (TPSA) is 72.2 Å². The number of primary amides is 1. The molecule has 6 aromatic carbocycles. The first-order valence-corrected chi connectivity index (χ1v) is 12.1. The van der Waals surface area contributed by atoms with Gasteiger partial charge in [0.1, 0.15) is 0 Å². The minimum atomic E-state index is -0.556. The Hall–Kier alpha value is -4.44. The van der Waals surface area contributed by atoms with Crippen LogP contribution in [0.4, 0.5) is 5.69 Å². The second-order valence-electron chi connectivity index (χ2n) is 10.4. The van der Waals surface area contributed by atoms with E-state index in [-0.39, 0.29) is 11.3 Å². The summed E-state index contributed by atoms with van der Waals surface area (Å²) in [5.41, 5.74) is 8.50. The smallest absolute Gasteiger partial charge is 0.256 e. The van der Waals surface area contributed by atoms with E-state index in [9.17, 15) is 9.59 Å². The lowest BCUT2D eigenvalue weighted by atomic mass is 9.86. The number of benzene rings is 6. The van der Waals surface area contributed by atoms with Gasteiger partial charge in [-0.05, 0) is 72.9 Å². The minimum Gasteiger partial charge on any atom is -0.366 e. The third-order valence-electron chi connectivity index (χ3n) is 7.16. The average molecular weight is 471 g/mol. The summed E-state index contributed by atoms with van der Waals surface area (Å²) in [4.78, 5) is 26.1. The van der Waals surface area contributed by atoms with E-state index >= 15 is 0 Å². The van der Waals surface area contributed by atoms with Gasteiger partial charge in [-0.2, -0.15) is 0 Å². The molecule has 0 saturated heterocycles. The molecule has 0 aromatic heterocycles. The van der Waals surface area contributed by atoms with Crippen molar-refractivity contribution in [3.05, 3.63) is 102 Å². The number of rotatable bonds is 3. The highest BCUT2D eigenvalue weighted by molar-refractivity contribution is 6.36. The van der Waals surface area contributed by atoms with Crippen molar-refractivity contribution in [3.63, 3.8) is 0 Å². The van der Waals surface area contributed by atoms with Gasteiger partial charge >= 0.3 is 0 Å². The molecule has 0 atom stereocenters. The highest BCUT2D eigenvalue weighted by Crippen LogP contribution is 2.42. The van der Waals surface area contributed by atoms with Crippen molar-refractivity contribution in [2.75, 3.05) is 5.32 Å². The zero-order chi connectivity index (χ0) is 25.2. The molecule has 0 aliphatic heterocycles. The molecule has 3 N–H and O–H groups in total. The van der Waals surface area contributed by atoms with Gasteiger partial charge in [0.25, 0.3) is 5.91 Å². The van der Waals surface area contributed by atoms with Crippen LogP contribution < -0.4 is 11.1 Å². The van der Waals surface area contributed by atoms with Crippen LogP contribution in [0.15, 0.2) is 84.9 Å². The molecule has 6 rings (SSSR count). The molecule has 0 heterocycles. The van der Waals surface area contributed by atoms with Crippen LogP contribution in [0.25, 0.3) is 43.1 Å². The zero-order valence-corrected chi connectivity index (χ0v) is 20.5. The highest BCUT2D eigenvalue weighted by Gasteiger charge is 2.22. The number of anilines is 1. The molecule has 0 aliphatic carbocycles. The van der Waals surface area contributed by atoms with Crippen LogP contribution in [0.2, 0.25) is 0 Å². The first-order valence-electron chi connectivity index (χ1n) is 12.1. The van der Waals surface area contributed by atoms with Crippen LogP contribution in [0.1, 0.15) is 47.1 Å². The number of hydrogen-bond donors (Lipinski definition) is 2. The Morgan fingerprint density at radius 3 is 1.75 bits per heavy atom. The number of hydrogen-bond acceptors (Lipinski definition) is 2. The van der Waals surface area contributed by atoms with Crippen molar-refractivity contribution in [1.82, 2.24) is 0 Å². The largest absolute Gasteiger partial charge is 0.366 e. The molecule has 0 saturated carbocycles. The Labute approximate surface area is 209 Å². The number of nitrogens with one attached hydrogen (secondary N) is 1. The number of carbonyl (C=O) groups excluding carboxylic acids is 2. The molecule has 4 nitrogen and oxygen atoms in total. The van der Waals surface area contributed by atoms with Gasteiger partial charge in [-0.3, -0.25) is 9.59 Å². The van der Waals surface area contributed by atoms with E-state index in [0.29, 0.717) is 22.2 Å². The molecule has 0 bridgehead atoms. The summed E-state index contributed by atoms with van der Waals surface area (Å²) in [6.07, 6.45) is 0. The molecule has 6 aromatic rings. The second kappa shape index (κ2) is 7.79. The van der Waals surface area contributed by atoms with E-state index in [2.05, 4.69) is 50.4 Å². The lowest BCUT2D eigenvalue weighted by Gasteiger charge is -2.20. The number of amides is 2. The maximum atomic E-state index is 13.6. The fraction of sp³-hybridized carbons (Fsp3) is 0.125. The summed E-state index contributed by atoms with van der Waals surface area (Å²) in [5.74, 6) is -0.832. The van der Waals surface area contributed by atoms with Crippen LogP contribution in [0.5, 0.6) is 0 Å². The van der Waals surface area contributed by atoms with Gasteiger partial charge in [0, 0.05) is 22.2 Å². The second-order valence-corrected chi connectivity index (χ2v) is 10.4. The Bertz CT molecular complexity index is 1780. The number of carbonyl (C=O) groups is 2. The lowest BCUT2D eigenvalue weighted by molar-refractivity contribution is 0.100. The fourth-order valence-corrected chi connectivity index (χ4v) is 5.38. The number of fused-ring (bicyclic) bond motifs is 2. The van der Waals surface area contributed by atoms with Crippen LogP contribution in [-0.4, -0.2) is 11.8 Å². The summed E-state index contributed by atoms with van der Waals surface area (Å²) in [7, 11) is 0. The van der Waals surface area contributed by atoms with Crippen molar-refractivity contribution in [2.24, 2.45) is 5.73 Å². The molecular weight excluding hydrogens is 444 g/mol. The summed E-state index contributed by atoms with van der Waals surface area (Å²) in [6.45, 7) is 6.46.